The van der Waals surface area contributed by atoms with Crippen molar-refractivity contribution in [2.24, 2.45) is 5.73 Å². The Labute approximate surface area is 218 Å². The lowest BCUT2D eigenvalue weighted by molar-refractivity contribution is -0.130. The van der Waals surface area contributed by atoms with Gasteiger partial charge in [-0.3, -0.25) is 4.79 Å². The first-order valence-corrected chi connectivity index (χ1v) is 12.5. The molecule has 2 atom stereocenters. The summed E-state index contributed by atoms with van der Waals surface area (Å²) in [5.41, 5.74) is 7.31. The SMILES string of the molecule is CC(N)C(O)C(=O)NCCCCN(CCCNC(=O)OCc1ccccc1)C(=O)OCc1ccccc1. The maximum Gasteiger partial charge on any atom is 0.410 e. The van der Waals surface area contributed by atoms with Gasteiger partial charge in [-0.2, -0.15) is 0 Å². The molecular formula is C27H38N4O6. The van der Waals surface area contributed by atoms with Crippen molar-refractivity contribution < 1.29 is 29.0 Å². The van der Waals surface area contributed by atoms with Crippen molar-refractivity contribution in [1.29, 1.82) is 0 Å². The van der Waals surface area contributed by atoms with E-state index in [0.29, 0.717) is 45.4 Å². The van der Waals surface area contributed by atoms with Crippen LogP contribution in [0.4, 0.5) is 9.59 Å². The average Bonchev–Trinajstić information content (AvgIpc) is 2.92. The second kappa shape index (κ2) is 16.9. The molecule has 3 amide bonds. The van der Waals surface area contributed by atoms with E-state index in [4.69, 9.17) is 15.2 Å². The zero-order valence-electron chi connectivity index (χ0n) is 21.3. The number of amides is 3. The van der Waals surface area contributed by atoms with Gasteiger partial charge in [-0.1, -0.05) is 60.7 Å². The second-order valence-electron chi connectivity index (χ2n) is 8.67. The highest BCUT2D eigenvalue weighted by atomic mass is 16.6. The third kappa shape index (κ3) is 12.2. The van der Waals surface area contributed by atoms with Crippen molar-refractivity contribution in [1.82, 2.24) is 15.5 Å². The summed E-state index contributed by atoms with van der Waals surface area (Å²) in [5, 5.41) is 15.0. The van der Waals surface area contributed by atoms with Crippen molar-refractivity contribution >= 4 is 18.1 Å². The van der Waals surface area contributed by atoms with Crippen LogP contribution in [0.1, 0.15) is 37.3 Å². The quantitative estimate of drug-likeness (QED) is 0.268. The van der Waals surface area contributed by atoms with E-state index >= 15 is 0 Å². The number of nitrogens with one attached hydrogen (secondary N) is 2. The standard InChI is InChI=1S/C27H38N4O6/c1-21(28)24(32)25(33)29-15-8-9-17-31(27(35)37-20-23-13-6-3-7-14-23)18-10-16-30-26(34)36-19-22-11-4-2-5-12-22/h2-7,11-14,21,24,32H,8-10,15-20,28H2,1H3,(H,29,33)(H,30,34). The van der Waals surface area contributed by atoms with Crippen molar-refractivity contribution in [3.63, 3.8) is 0 Å². The van der Waals surface area contributed by atoms with Gasteiger partial charge in [-0.05, 0) is 37.3 Å². The van der Waals surface area contributed by atoms with Gasteiger partial charge in [0.15, 0.2) is 0 Å². The fraction of sp³-hybridized carbons (Fsp3) is 0.444. The molecule has 0 spiro atoms. The zero-order chi connectivity index (χ0) is 26.9. The van der Waals surface area contributed by atoms with Crippen molar-refractivity contribution in [3.05, 3.63) is 71.8 Å². The average molecular weight is 515 g/mol. The van der Waals surface area contributed by atoms with Crippen LogP contribution in [0.5, 0.6) is 0 Å². The number of aliphatic hydroxyl groups is 1. The fourth-order valence-electron chi connectivity index (χ4n) is 3.32. The number of aliphatic hydroxyl groups excluding tert-OH is 1. The monoisotopic (exact) mass is 514 g/mol. The molecule has 0 bridgehead atoms. The van der Waals surface area contributed by atoms with Gasteiger partial charge in [-0.15, -0.1) is 0 Å². The summed E-state index contributed by atoms with van der Waals surface area (Å²) in [6.45, 7) is 3.38. The summed E-state index contributed by atoms with van der Waals surface area (Å²) in [4.78, 5) is 38.0. The van der Waals surface area contributed by atoms with Crippen molar-refractivity contribution in [2.45, 2.75) is 51.5 Å². The Morgan fingerprint density at radius 2 is 1.38 bits per heavy atom. The van der Waals surface area contributed by atoms with Crippen LogP contribution in [0.2, 0.25) is 0 Å². The smallest absolute Gasteiger partial charge is 0.410 e. The Hall–Kier alpha value is -3.63. The Morgan fingerprint density at radius 3 is 1.97 bits per heavy atom. The first-order chi connectivity index (χ1) is 17.9. The van der Waals surface area contributed by atoms with Crippen LogP contribution in [0.3, 0.4) is 0 Å². The fourth-order valence-corrected chi connectivity index (χ4v) is 3.32. The maximum atomic E-state index is 12.7. The van der Waals surface area contributed by atoms with Gasteiger partial charge in [0.1, 0.15) is 19.3 Å². The number of alkyl carbamates (subject to hydrolysis) is 1. The molecule has 2 rings (SSSR count). The predicted octanol–water partition coefficient (Wildman–Crippen LogP) is 2.55. The number of nitrogens with two attached hydrogens (primary N) is 1. The molecule has 0 aromatic heterocycles. The molecule has 37 heavy (non-hydrogen) atoms. The van der Waals surface area contributed by atoms with E-state index in [1.54, 1.807) is 11.8 Å². The van der Waals surface area contributed by atoms with Crippen LogP contribution in [-0.2, 0) is 27.5 Å². The zero-order valence-corrected chi connectivity index (χ0v) is 21.3. The number of rotatable bonds is 15. The molecule has 0 radical (unpaired) electrons. The van der Waals surface area contributed by atoms with Gasteiger partial charge in [0, 0.05) is 32.2 Å². The number of carbonyl (C=O) groups is 3. The van der Waals surface area contributed by atoms with Crippen LogP contribution >= 0.6 is 0 Å². The summed E-state index contributed by atoms with van der Waals surface area (Å²) in [5.74, 6) is -0.514. The van der Waals surface area contributed by atoms with Gasteiger partial charge in [0.2, 0.25) is 5.91 Å². The number of hydrogen-bond acceptors (Lipinski definition) is 7. The van der Waals surface area contributed by atoms with Gasteiger partial charge < -0.3 is 35.8 Å². The van der Waals surface area contributed by atoms with Crippen LogP contribution < -0.4 is 16.4 Å². The lowest BCUT2D eigenvalue weighted by atomic mass is 10.2. The lowest BCUT2D eigenvalue weighted by Crippen LogP contribution is -2.45. The third-order valence-electron chi connectivity index (χ3n) is 5.47. The largest absolute Gasteiger partial charge is 0.445 e. The third-order valence-corrected chi connectivity index (χ3v) is 5.47. The van der Waals surface area contributed by atoms with E-state index < -0.39 is 30.2 Å². The van der Waals surface area contributed by atoms with Crippen molar-refractivity contribution in [3.8, 4) is 0 Å². The molecule has 0 saturated carbocycles. The van der Waals surface area contributed by atoms with Gasteiger partial charge in [-0.25, -0.2) is 9.59 Å². The number of ether oxygens (including phenoxy) is 2. The highest BCUT2D eigenvalue weighted by molar-refractivity contribution is 5.81. The van der Waals surface area contributed by atoms with Crippen LogP contribution in [0.25, 0.3) is 0 Å². The second-order valence-corrected chi connectivity index (χ2v) is 8.67. The molecule has 0 aliphatic heterocycles. The highest BCUT2D eigenvalue weighted by Gasteiger charge is 2.19. The number of hydrogen-bond donors (Lipinski definition) is 4. The van der Waals surface area contributed by atoms with E-state index in [1.165, 1.54) is 0 Å². The Balaban J connectivity index is 1.74. The lowest BCUT2D eigenvalue weighted by Gasteiger charge is -2.22. The summed E-state index contributed by atoms with van der Waals surface area (Å²) in [7, 11) is 0. The van der Waals surface area contributed by atoms with Gasteiger partial charge in [0.25, 0.3) is 0 Å². The van der Waals surface area contributed by atoms with Gasteiger partial charge >= 0.3 is 12.2 Å². The number of unbranched alkanes of at least 4 members (excludes halogenated alkanes) is 1. The highest BCUT2D eigenvalue weighted by Crippen LogP contribution is 2.06. The van der Waals surface area contributed by atoms with Crippen LogP contribution in [0, 0.1) is 0 Å². The summed E-state index contributed by atoms with van der Waals surface area (Å²) < 4.78 is 10.7. The normalized spacial score (nSPS) is 12.2. The van der Waals surface area contributed by atoms with Crippen molar-refractivity contribution in [2.75, 3.05) is 26.2 Å². The van der Waals surface area contributed by atoms with E-state index in [0.717, 1.165) is 11.1 Å². The molecule has 0 heterocycles. The van der Waals surface area contributed by atoms with E-state index in [2.05, 4.69) is 10.6 Å². The Kier molecular flexibility index (Phi) is 13.5. The maximum absolute atomic E-state index is 12.7. The Bertz CT molecular complexity index is 942. The number of benzene rings is 2. The van der Waals surface area contributed by atoms with E-state index in [-0.39, 0.29) is 13.2 Å². The summed E-state index contributed by atoms with van der Waals surface area (Å²) in [6, 6.07) is 18.1. The minimum absolute atomic E-state index is 0.158. The van der Waals surface area contributed by atoms with E-state index in [1.807, 2.05) is 60.7 Å². The topological polar surface area (TPSA) is 143 Å². The number of carbonyl (C=O) groups excluding carboxylic acids is 3. The molecule has 2 aromatic carbocycles. The predicted molar refractivity (Wildman–Crippen MR) is 139 cm³/mol. The molecule has 0 aliphatic rings. The molecule has 10 heteroatoms. The number of nitrogens with zero attached hydrogens (tertiary/aromatic N) is 1. The Morgan fingerprint density at radius 1 is 0.838 bits per heavy atom. The minimum atomic E-state index is -1.25. The molecule has 2 unspecified atom stereocenters. The molecule has 0 aliphatic carbocycles. The molecule has 10 nitrogen and oxygen atoms in total. The molecule has 0 saturated heterocycles. The summed E-state index contributed by atoms with van der Waals surface area (Å²) >= 11 is 0. The molecule has 5 N–H and O–H groups in total. The molecule has 0 fully saturated rings. The van der Waals surface area contributed by atoms with E-state index in [9.17, 15) is 19.5 Å². The first-order valence-electron chi connectivity index (χ1n) is 12.5. The summed E-state index contributed by atoms with van der Waals surface area (Å²) in [6.07, 6.45) is -0.501. The van der Waals surface area contributed by atoms with Gasteiger partial charge in [0.05, 0.1) is 0 Å². The minimum Gasteiger partial charge on any atom is -0.445 e. The molecule has 2 aromatic rings. The molecular weight excluding hydrogens is 476 g/mol. The molecule has 202 valence electrons. The van der Waals surface area contributed by atoms with Crippen LogP contribution in [0.15, 0.2) is 60.7 Å². The van der Waals surface area contributed by atoms with Crippen LogP contribution in [-0.4, -0.2) is 66.4 Å². The first kappa shape index (κ1) is 29.6.